The number of nitrogens with one attached hydrogen (secondary N) is 1. The molecule has 1 amide bonds. The van der Waals surface area contributed by atoms with E-state index in [2.05, 4.69) is 27.0 Å². The van der Waals surface area contributed by atoms with Gasteiger partial charge in [-0.25, -0.2) is 0 Å². The number of hydrogen-bond donors (Lipinski definition) is 1. The Bertz CT molecular complexity index is 857. The largest absolute Gasteiger partial charge is 0.497 e. The van der Waals surface area contributed by atoms with E-state index < -0.39 is 0 Å². The molecule has 1 aromatic carbocycles. The Kier molecular flexibility index (Phi) is 7.11. The summed E-state index contributed by atoms with van der Waals surface area (Å²) in [6.45, 7) is 10.2. The Morgan fingerprint density at radius 1 is 1.20 bits per heavy atom. The van der Waals surface area contributed by atoms with Gasteiger partial charge in [-0.2, -0.15) is 0 Å². The Morgan fingerprint density at radius 3 is 2.47 bits per heavy atom. The predicted molar refractivity (Wildman–Crippen MR) is 122 cm³/mol. The zero-order chi connectivity index (χ0) is 21.9. The number of ether oxygens (including phenoxy) is 1. The van der Waals surface area contributed by atoms with Gasteiger partial charge in [0.05, 0.1) is 12.4 Å². The minimum atomic E-state index is -0.258. The number of hydrogen-bond acceptors (Lipinski definition) is 5. The topological polar surface area (TPSA) is 69.0 Å². The zero-order valence-corrected chi connectivity index (χ0v) is 19.8. The van der Waals surface area contributed by atoms with Crippen LogP contribution in [0.25, 0.3) is 11.4 Å². The van der Waals surface area contributed by atoms with Gasteiger partial charge in [0.2, 0.25) is 5.91 Å². The Hall–Kier alpha value is -2.02. The lowest BCUT2D eigenvalue weighted by Gasteiger charge is -2.32. The molecule has 1 saturated carbocycles. The summed E-state index contributed by atoms with van der Waals surface area (Å²) in [5.74, 6) is 2.25. The number of rotatable bonds is 6. The zero-order valence-electron chi connectivity index (χ0n) is 18.9. The summed E-state index contributed by atoms with van der Waals surface area (Å²) < 4.78 is 7.58. The molecule has 0 radical (unpaired) electrons. The van der Waals surface area contributed by atoms with E-state index >= 15 is 0 Å². The molecule has 3 rings (SSSR count). The Labute approximate surface area is 184 Å². The van der Waals surface area contributed by atoms with Crippen LogP contribution in [0.5, 0.6) is 5.75 Å². The summed E-state index contributed by atoms with van der Waals surface area (Å²) in [5.41, 5.74) is 0.755. The first-order valence-electron chi connectivity index (χ1n) is 10.8. The lowest BCUT2D eigenvalue weighted by atomic mass is 9.85. The number of nitrogens with zero attached hydrogens (tertiary/aromatic N) is 3. The quantitative estimate of drug-likeness (QED) is 0.646. The Morgan fingerprint density at radius 2 is 1.87 bits per heavy atom. The minimum Gasteiger partial charge on any atom is -0.497 e. The first kappa shape index (κ1) is 22.7. The van der Waals surface area contributed by atoms with Gasteiger partial charge in [0.25, 0.3) is 0 Å². The van der Waals surface area contributed by atoms with Crippen molar-refractivity contribution in [1.29, 1.82) is 0 Å². The predicted octanol–water partition coefficient (Wildman–Crippen LogP) is 5.10. The maximum absolute atomic E-state index is 12.7. The number of carbonyl (C=O) groups is 1. The van der Waals surface area contributed by atoms with Crippen LogP contribution < -0.4 is 10.1 Å². The van der Waals surface area contributed by atoms with Crippen LogP contribution >= 0.6 is 11.8 Å². The van der Waals surface area contributed by atoms with Gasteiger partial charge in [-0.1, -0.05) is 31.5 Å². The van der Waals surface area contributed by atoms with Gasteiger partial charge in [-0.3, -0.25) is 9.36 Å². The van der Waals surface area contributed by atoms with Crippen LogP contribution in [0.15, 0.2) is 29.4 Å². The van der Waals surface area contributed by atoms with Crippen LogP contribution in [0, 0.1) is 5.92 Å². The van der Waals surface area contributed by atoms with E-state index in [1.807, 2.05) is 52.0 Å². The van der Waals surface area contributed by atoms with Gasteiger partial charge in [0.15, 0.2) is 11.0 Å². The van der Waals surface area contributed by atoms with Crippen LogP contribution in [0.3, 0.4) is 0 Å². The molecule has 6 nitrogen and oxygen atoms in total. The number of thioether (sulfide) groups is 1. The molecule has 0 aliphatic heterocycles. The fourth-order valence-electron chi connectivity index (χ4n) is 3.96. The molecule has 1 fully saturated rings. The van der Waals surface area contributed by atoms with E-state index in [1.165, 1.54) is 31.0 Å². The van der Waals surface area contributed by atoms with Crippen molar-refractivity contribution in [2.75, 3.05) is 7.11 Å². The van der Waals surface area contributed by atoms with Gasteiger partial charge in [-0.15, -0.1) is 10.2 Å². The highest BCUT2D eigenvalue weighted by molar-refractivity contribution is 8.00. The molecule has 0 saturated heterocycles. The van der Waals surface area contributed by atoms with Crippen LogP contribution in [0.1, 0.15) is 66.3 Å². The summed E-state index contributed by atoms with van der Waals surface area (Å²) in [6, 6.07) is 8.29. The molecule has 2 aromatic rings. The van der Waals surface area contributed by atoms with Crippen LogP contribution in [0.4, 0.5) is 0 Å². The first-order valence-corrected chi connectivity index (χ1v) is 11.7. The highest BCUT2D eigenvalue weighted by Gasteiger charge is 2.30. The number of amides is 1. The summed E-state index contributed by atoms with van der Waals surface area (Å²) in [4.78, 5) is 12.7. The third-order valence-electron chi connectivity index (χ3n) is 5.56. The van der Waals surface area contributed by atoms with Gasteiger partial charge in [0, 0.05) is 17.1 Å². The number of methoxy groups -OCH3 is 1. The SMILES string of the molecule is COc1ccc(-c2nnc(S[C@@H](C)C(=O)NC(C)(C)C)n2[C@H]2CCCC[C@@H]2C)cc1. The molecule has 0 spiro atoms. The Balaban J connectivity index is 1.94. The monoisotopic (exact) mass is 430 g/mol. The van der Waals surface area contributed by atoms with Crippen LogP contribution in [0.2, 0.25) is 0 Å². The molecule has 1 N–H and O–H groups in total. The van der Waals surface area contributed by atoms with E-state index in [1.54, 1.807) is 7.11 Å². The summed E-state index contributed by atoms with van der Waals surface area (Å²) in [6.07, 6.45) is 4.79. The first-order chi connectivity index (χ1) is 14.2. The lowest BCUT2D eigenvalue weighted by molar-refractivity contribution is -0.121. The van der Waals surface area contributed by atoms with Crippen molar-refractivity contribution in [3.05, 3.63) is 24.3 Å². The molecule has 3 atom stereocenters. The van der Waals surface area contributed by atoms with E-state index in [9.17, 15) is 4.79 Å². The van der Waals surface area contributed by atoms with Crippen LogP contribution in [-0.2, 0) is 4.79 Å². The van der Waals surface area contributed by atoms with Gasteiger partial charge >= 0.3 is 0 Å². The van der Waals surface area contributed by atoms with Crippen molar-refractivity contribution in [3.8, 4) is 17.1 Å². The lowest BCUT2D eigenvalue weighted by Crippen LogP contribution is -2.44. The fraction of sp³-hybridized carbons (Fsp3) is 0.609. The second-order valence-electron chi connectivity index (χ2n) is 9.23. The van der Waals surface area contributed by atoms with Crippen molar-refractivity contribution in [1.82, 2.24) is 20.1 Å². The minimum absolute atomic E-state index is 0.0183. The third kappa shape index (κ3) is 5.36. The molecule has 7 heteroatoms. The highest BCUT2D eigenvalue weighted by Crippen LogP contribution is 2.39. The number of carbonyl (C=O) groups excluding carboxylic acids is 1. The van der Waals surface area contributed by atoms with E-state index in [-0.39, 0.29) is 16.7 Å². The molecular formula is C23H34N4O2S. The van der Waals surface area contributed by atoms with Crippen molar-refractivity contribution >= 4 is 17.7 Å². The van der Waals surface area contributed by atoms with Crippen molar-refractivity contribution in [2.45, 2.75) is 82.3 Å². The second-order valence-corrected chi connectivity index (χ2v) is 10.5. The van der Waals surface area contributed by atoms with E-state index in [4.69, 9.17) is 4.74 Å². The van der Waals surface area contributed by atoms with E-state index in [0.717, 1.165) is 28.7 Å². The average Bonchev–Trinajstić information content (AvgIpc) is 3.10. The number of aromatic nitrogens is 3. The molecule has 1 aromatic heterocycles. The van der Waals surface area contributed by atoms with Gasteiger partial charge in [0.1, 0.15) is 5.75 Å². The standard InChI is InChI=1S/C23H34N4O2S/c1-15-9-7-8-10-19(15)27-20(17-11-13-18(29-6)14-12-17)25-26-22(27)30-16(2)21(28)24-23(3,4)5/h11-16,19H,7-10H2,1-6H3,(H,24,28)/t15-,16-,19-/m0/s1. The maximum Gasteiger partial charge on any atom is 0.233 e. The maximum atomic E-state index is 12.7. The third-order valence-corrected chi connectivity index (χ3v) is 6.62. The average molecular weight is 431 g/mol. The fourth-order valence-corrected chi connectivity index (χ4v) is 4.86. The summed E-state index contributed by atoms with van der Waals surface area (Å²) in [5, 5.41) is 12.7. The molecule has 1 aliphatic carbocycles. The normalized spacial score (nSPS) is 20.6. The molecule has 164 valence electrons. The summed E-state index contributed by atoms with van der Waals surface area (Å²) >= 11 is 1.49. The molecular weight excluding hydrogens is 396 g/mol. The van der Waals surface area contributed by atoms with Gasteiger partial charge < -0.3 is 10.1 Å². The van der Waals surface area contributed by atoms with Crippen molar-refractivity contribution in [3.63, 3.8) is 0 Å². The molecule has 30 heavy (non-hydrogen) atoms. The molecule has 1 aliphatic rings. The smallest absolute Gasteiger partial charge is 0.233 e. The van der Waals surface area contributed by atoms with Gasteiger partial charge in [-0.05, 0) is 70.7 Å². The molecule has 0 bridgehead atoms. The van der Waals surface area contributed by atoms with Crippen molar-refractivity contribution in [2.24, 2.45) is 5.92 Å². The second kappa shape index (κ2) is 9.41. The summed E-state index contributed by atoms with van der Waals surface area (Å²) in [7, 11) is 1.67. The molecule has 1 heterocycles. The highest BCUT2D eigenvalue weighted by atomic mass is 32.2. The van der Waals surface area contributed by atoms with Crippen LogP contribution in [-0.4, -0.2) is 38.6 Å². The van der Waals surface area contributed by atoms with E-state index in [0.29, 0.717) is 12.0 Å². The number of benzene rings is 1. The molecule has 0 unspecified atom stereocenters. The van der Waals surface area contributed by atoms with Crippen molar-refractivity contribution < 1.29 is 9.53 Å².